The van der Waals surface area contributed by atoms with E-state index in [1.165, 1.54) is 77.9 Å². The molecule has 0 N–H and O–H groups in total. The minimum Gasteiger partial charge on any atom is -0.310 e. The fourth-order valence-corrected chi connectivity index (χ4v) is 8.64. The van der Waals surface area contributed by atoms with E-state index >= 15 is 0 Å². The first-order valence-electron chi connectivity index (χ1n) is 21.0. The second kappa shape index (κ2) is 16.4. The Morgan fingerprint density at radius 3 is 1.32 bits per heavy atom. The largest absolute Gasteiger partial charge is 0.310 e. The van der Waals surface area contributed by atoms with Gasteiger partial charge in [-0.25, -0.2) is 0 Å². The minimum atomic E-state index is 0.490. The molecule has 60 heavy (non-hydrogen) atoms. The van der Waals surface area contributed by atoms with Crippen LogP contribution in [0.2, 0.25) is 0 Å². The van der Waals surface area contributed by atoms with Crippen LogP contribution in [-0.4, -0.2) is 0 Å². The number of hydrogen-bond acceptors (Lipinski definition) is 1. The first kappa shape index (κ1) is 36.8. The lowest BCUT2D eigenvalue weighted by Gasteiger charge is -2.29. The van der Waals surface area contributed by atoms with Gasteiger partial charge < -0.3 is 4.90 Å². The van der Waals surface area contributed by atoms with Crippen molar-refractivity contribution in [1.82, 2.24) is 0 Å². The quantitative estimate of drug-likeness (QED) is 0.141. The zero-order chi connectivity index (χ0) is 40.3. The number of rotatable bonds is 9. The molecule has 9 aromatic carbocycles. The molecule has 1 atom stereocenters. The molecule has 0 heterocycles. The summed E-state index contributed by atoms with van der Waals surface area (Å²) in [5, 5.41) is 0. The molecule has 0 fully saturated rings. The molecule has 0 amide bonds. The fourth-order valence-electron chi connectivity index (χ4n) is 8.64. The maximum atomic E-state index is 2.43. The van der Waals surface area contributed by atoms with Crippen LogP contribution in [0.1, 0.15) is 30.4 Å². The third-order valence-corrected chi connectivity index (χ3v) is 11.9. The van der Waals surface area contributed by atoms with E-state index < -0.39 is 0 Å². The highest BCUT2D eigenvalue weighted by atomic mass is 15.1. The smallest absolute Gasteiger partial charge is 0.0546 e. The van der Waals surface area contributed by atoms with Crippen LogP contribution in [0.3, 0.4) is 0 Å². The number of anilines is 3. The van der Waals surface area contributed by atoms with Crippen molar-refractivity contribution >= 4 is 23.1 Å². The van der Waals surface area contributed by atoms with Crippen LogP contribution in [0.15, 0.2) is 231 Å². The van der Waals surface area contributed by atoms with Crippen molar-refractivity contribution < 1.29 is 0 Å². The van der Waals surface area contributed by atoms with Gasteiger partial charge in [-0.05, 0) is 121 Å². The summed E-state index contributed by atoms with van der Waals surface area (Å²) in [5.74, 6) is 0.490. The van der Waals surface area contributed by atoms with Crippen molar-refractivity contribution in [2.45, 2.75) is 19.3 Å². The molecule has 1 heteroatoms. The van der Waals surface area contributed by atoms with E-state index in [0.717, 1.165) is 23.5 Å². The summed E-state index contributed by atoms with van der Waals surface area (Å²) >= 11 is 0. The Bertz CT molecular complexity index is 2910. The van der Waals surface area contributed by atoms with Crippen LogP contribution < -0.4 is 4.90 Å². The molecular weight excluding hydrogens is 723 g/mol. The predicted octanol–water partition coefficient (Wildman–Crippen LogP) is 16.7. The van der Waals surface area contributed by atoms with Crippen molar-refractivity contribution in [1.29, 1.82) is 0 Å². The molecule has 0 aliphatic heterocycles. The van der Waals surface area contributed by atoms with Crippen LogP contribution in [0, 0.1) is 0 Å². The highest BCUT2D eigenvalue weighted by Gasteiger charge is 2.20. The minimum absolute atomic E-state index is 0.490. The summed E-state index contributed by atoms with van der Waals surface area (Å²) in [4.78, 5) is 2.43. The van der Waals surface area contributed by atoms with Crippen molar-refractivity contribution in [3.05, 3.63) is 242 Å². The van der Waals surface area contributed by atoms with Crippen molar-refractivity contribution in [2.24, 2.45) is 0 Å². The Labute approximate surface area is 354 Å². The molecule has 1 aliphatic carbocycles. The van der Waals surface area contributed by atoms with E-state index in [0.29, 0.717) is 5.92 Å². The maximum absolute atomic E-state index is 2.43. The Hall–Kier alpha value is -7.48. The second-order valence-electron chi connectivity index (χ2n) is 15.8. The summed E-state index contributed by atoms with van der Waals surface area (Å²) in [5.41, 5.74) is 20.5. The SMILES string of the molecule is CC1CC=Cc2ccc(-c3ccc(-c4ccccc4)c(N(c4ccc(-c5ccc(-c6ccccc6)cc5)cc4)c4ccc(-c5cccc(-c6ccccc6)c5)cc4)c3)cc21. The van der Waals surface area contributed by atoms with Gasteiger partial charge in [0.25, 0.3) is 0 Å². The van der Waals surface area contributed by atoms with Crippen LogP contribution in [-0.2, 0) is 0 Å². The standard InChI is InChI=1S/C59H45N/c1-42-13-11-20-50-27-28-53(40-58(42)50)54-33-38-57(49-18-9-4-10-19-49)59(41-54)60(55-34-29-47(30-35-55)46-25-23-45(24-26-46)43-14-5-2-6-15-43)56-36-31-48(32-37-56)52-22-12-21-51(39-52)44-16-7-3-8-17-44/h2-12,14-42H,13H2,1H3. The van der Waals surface area contributed by atoms with Gasteiger partial charge in [0.1, 0.15) is 0 Å². The van der Waals surface area contributed by atoms with Gasteiger partial charge in [0.05, 0.1) is 5.69 Å². The summed E-state index contributed by atoms with van der Waals surface area (Å²) < 4.78 is 0. The van der Waals surface area contributed by atoms with Crippen molar-refractivity contribution in [3.8, 4) is 66.8 Å². The topological polar surface area (TPSA) is 3.24 Å². The second-order valence-corrected chi connectivity index (χ2v) is 15.8. The number of benzene rings is 9. The first-order valence-corrected chi connectivity index (χ1v) is 21.0. The molecule has 1 nitrogen and oxygen atoms in total. The summed E-state index contributed by atoms with van der Waals surface area (Å²) in [6.07, 6.45) is 5.64. The molecule has 0 bridgehead atoms. The lowest BCUT2D eigenvalue weighted by atomic mass is 9.86. The van der Waals surface area contributed by atoms with Gasteiger partial charge in [-0.2, -0.15) is 0 Å². The molecule has 0 spiro atoms. The normalized spacial score (nSPS) is 13.1. The van der Waals surface area contributed by atoms with E-state index in [1.54, 1.807) is 0 Å². The van der Waals surface area contributed by atoms with E-state index in [1.807, 2.05) is 0 Å². The maximum Gasteiger partial charge on any atom is 0.0546 e. The Morgan fingerprint density at radius 1 is 0.350 bits per heavy atom. The van der Waals surface area contributed by atoms with Gasteiger partial charge in [-0.1, -0.05) is 207 Å². The van der Waals surface area contributed by atoms with E-state index in [9.17, 15) is 0 Å². The van der Waals surface area contributed by atoms with Gasteiger partial charge in [-0.15, -0.1) is 0 Å². The molecule has 10 rings (SSSR count). The van der Waals surface area contributed by atoms with Crippen LogP contribution in [0.4, 0.5) is 17.1 Å². The van der Waals surface area contributed by atoms with Gasteiger partial charge in [0.2, 0.25) is 0 Å². The number of nitrogens with zero attached hydrogens (tertiary/aromatic N) is 1. The summed E-state index contributed by atoms with van der Waals surface area (Å²) in [6, 6.07) is 81.8. The van der Waals surface area contributed by atoms with Crippen LogP contribution >= 0.6 is 0 Å². The molecule has 0 saturated carbocycles. The first-order chi connectivity index (χ1) is 29.6. The fraction of sp³-hybridized carbons (Fsp3) is 0.0508. The molecule has 9 aromatic rings. The van der Waals surface area contributed by atoms with Gasteiger partial charge in [0, 0.05) is 16.9 Å². The summed E-state index contributed by atoms with van der Waals surface area (Å²) in [6.45, 7) is 2.33. The van der Waals surface area contributed by atoms with E-state index in [4.69, 9.17) is 0 Å². The van der Waals surface area contributed by atoms with Crippen LogP contribution in [0.25, 0.3) is 72.8 Å². The van der Waals surface area contributed by atoms with Gasteiger partial charge in [-0.3, -0.25) is 0 Å². The molecule has 0 radical (unpaired) electrons. The Kier molecular flexibility index (Phi) is 10.1. The number of hydrogen-bond donors (Lipinski definition) is 0. The lowest BCUT2D eigenvalue weighted by Crippen LogP contribution is -2.11. The summed E-state index contributed by atoms with van der Waals surface area (Å²) in [7, 11) is 0. The van der Waals surface area contributed by atoms with Crippen molar-refractivity contribution in [2.75, 3.05) is 4.90 Å². The Morgan fingerprint density at radius 2 is 0.750 bits per heavy atom. The van der Waals surface area contributed by atoms with E-state index in [2.05, 4.69) is 248 Å². The number of allylic oxidation sites excluding steroid dienone is 1. The highest BCUT2D eigenvalue weighted by molar-refractivity contribution is 5.92. The van der Waals surface area contributed by atoms with Gasteiger partial charge in [0.15, 0.2) is 0 Å². The molecule has 0 saturated heterocycles. The third-order valence-electron chi connectivity index (χ3n) is 11.9. The predicted molar refractivity (Wildman–Crippen MR) is 256 cm³/mol. The zero-order valence-corrected chi connectivity index (χ0v) is 33.7. The van der Waals surface area contributed by atoms with Crippen molar-refractivity contribution in [3.63, 3.8) is 0 Å². The molecule has 0 aromatic heterocycles. The molecule has 286 valence electrons. The highest BCUT2D eigenvalue weighted by Crippen LogP contribution is 2.44. The molecule has 1 unspecified atom stereocenters. The molecule has 1 aliphatic rings. The van der Waals surface area contributed by atoms with Crippen LogP contribution in [0.5, 0.6) is 0 Å². The van der Waals surface area contributed by atoms with Gasteiger partial charge >= 0.3 is 0 Å². The third kappa shape index (κ3) is 7.50. The average molecular weight is 768 g/mol. The Balaban J connectivity index is 1.09. The number of fused-ring (bicyclic) bond motifs is 1. The zero-order valence-electron chi connectivity index (χ0n) is 33.7. The molecular formula is C59H45N. The lowest BCUT2D eigenvalue weighted by molar-refractivity contribution is 0.772. The monoisotopic (exact) mass is 767 g/mol. The average Bonchev–Trinajstić information content (AvgIpc) is 3.33. The van der Waals surface area contributed by atoms with E-state index in [-0.39, 0.29) is 0 Å².